The van der Waals surface area contributed by atoms with Crippen LogP contribution in [0.15, 0.2) is 21.3 Å². The Morgan fingerprint density at radius 2 is 1.96 bits per heavy atom. The molecule has 5 heteroatoms. The van der Waals surface area contributed by atoms with Gasteiger partial charge in [-0.05, 0) is 18.9 Å². The fourth-order valence-corrected chi connectivity index (χ4v) is 3.06. The van der Waals surface area contributed by atoms with Crippen molar-refractivity contribution in [1.82, 2.24) is 0 Å². The van der Waals surface area contributed by atoms with Gasteiger partial charge in [0.25, 0.3) is 0 Å². The topological polar surface area (TPSA) is 65.7 Å². The van der Waals surface area contributed by atoms with Gasteiger partial charge in [0, 0.05) is 12.1 Å². The Labute approximate surface area is 134 Å². The van der Waals surface area contributed by atoms with Crippen LogP contribution in [0, 0.1) is 5.92 Å². The van der Waals surface area contributed by atoms with Crippen molar-refractivity contribution in [2.45, 2.75) is 39.7 Å². The van der Waals surface area contributed by atoms with Gasteiger partial charge in [-0.2, -0.15) is 0 Å². The molecule has 1 aliphatic rings. The zero-order valence-corrected chi connectivity index (χ0v) is 13.8. The van der Waals surface area contributed by atoms with E-state index in [4.69, 9.17) is 13.9 Å². The summed E-state index contributed by atoms with van der Waals surface area (Å²) in [6.07, 6.45) is 1.34. The number of aryl methyl sites for hydroxylation is 1. The van der Waals surface area contributed by atoms with Gasteiger partial charge in [-0.3, -0.25) is 4.79 Å². The molecule has 122 valence electrons. The largest absolute Gasteiger partial charge is 0.496 e. The summed E-state index contributed by atoms with van der Waals surface area (Å²) < 4.78 is 16.7. The molecule has 23 heavy (non-hydrogen) atoms. The Morgan fingerprint density at radius 1 is 1.22 bits per heavy atom. The highest BCUT2D eigenvalue weighted by atomic mass is 16.5. The number of benzene rings is 1. The van der Waals surface area contributed by atoms with Gasteiger partial charge < -0.3 is 13.9 Å². The Kier molecular flexibility index (Phi) is 3.88. The molecule has 0 unspecified atom stereocenters. The Morgan fingerprint density at radius 3 is 2.61 bits per heavy atom. The third-order valence-corrected chi connectivity index (χ3v) is 4.44. The number of hydrogen-bond donors (Lipinski definition) is 0. The summed E-state index contributed by atoms with van der Waals surface area (Å²) in [6, 6.07) is 3.19. The molecule has 5 nitrogen and oxygen atoms in total. The Hall–Kier alpha value is -2.30. The van der Waals surface area contributed by atoms with Crippen LogP contribution < -0.4 is 15.1 Å². The monoisotopic (exact) mass is 316 g/mol. The number of rotatable bonds is 3. The molecule has 0 bridgehead atoms. The number of fused-ring (bicyclic) bond motifs is 3. The fourth-order valence-electron chi connectivity index (χ4n) is 3.06. The first-order valence-electron chi connectivity index (χ1n) is 7.86. The predicted molar refractivity (Wildman–Crippen MR) is 86.6 cm³/mol. The van der Waals surface area contributed by atoms with Crippen molar-refractivity contribution in [1.29, 1.82) is 0 Å². The lowest BCUT2D eigenvalue weighted by atomic mass is 9.89. The summed E-state index contributed by atoms with van der Waals surface area (Å²) in [5, 5.41) is 0.686. The van der Waals surface area contributed by atoms with Crippen molar-refractivity contribution in [3.8, 4) is 11.5 Å². The van der Waals surface area contributed by atoms with E-state index in [1.54, 1.807) is 13.2 Å². The molecule has 1 aromatic heterocycles. The third-order valence-electron chi connectivity index (χ3n) is 4.44. The van der Waals surface area contributed by atoms with Gasteiger partial charge in [0.05, 0.1) is 18.4 Å². The maximum absolute atomic E-state index is 12.7. The van der Waals surface area contributed by atoms with Crippen LogP contribution in [0.4, 0.5) is 0 Å². The molecule has 2 aromatic rings. The van der Waals surface area contributed by atoms with Crippen LogP contribution >= 0.6 is 0 Å². The van der Waals surface area contributed by atoms with Crippen molar-refractivity contribution in [2.75, 3.05) is 7.11 Å². The second-order valence-electron chi connectivity index (χ2n) is 5.97. The second-order valence-corrected chi connectivity index (χ2v) is 5.97. The first-order chi connectivity index (χ1) is 11.0. The van der Waals surface area contributed by atoms with Gasteiger partial charge in [-0.15, -0.1) is 0 Å². The highest BCUT2D eigenvalue weighted by Crippen LogP contribution is 2.41. The van der Waals surface area contributed by atoms with Gasteiger partial charge in [0.2, 0.25) is 0 Å². The molecule has 0 radical (unpaired) electrons. The molecule has 1 aliphatic heterocycles. The van der Waals surface area contributed by atoms with Gasteiger partial charge in [-0.1, -0.05) is 20.3 Å². The van der Waals surface area contributed by atoms with Crippen molar-refractivity contribution >= 4 is 16.8 Å². The average Bonchev–Trinajstić information content (AvgIpc) is 2.51. The van der Waals surface area contributed by atoms with E-state index in [0.29, 0.717) is 28.9 Å². The average molecular weight is 316 g/mol. The van der Waals surface area contributed by atoms with Crippen LogP contribution in [0.5, 0.6) is 11.5 Å². The minimum absolute atomic E-state index is 0.0665. The number of carbonyl (C=O) groups is 1. The van der Waals surface area contributed by atoms with Crippen molar-refractivity contribution < 1.29 is 18.7 Å². The van der Waals surface area contributed by atoms with Crippen LogP contribution in [0.2, 0.25) is 0 Å². The number of hydrogen-bond acceptors (Lipinski definition) is 5. The number of carbonyl (C=O) groups excluding carboxylic acids is 1. The molecular weight excluding hydrogens is 296 g/mol. The highest BCUT2D eigenvalue weighted by molar-refractivity contribution is 6.12. The second kappa shape index (κ2) is 5.72. The van der Waals surface area contributed by atoms with Crippen molar-refractivity contribution in [3.05, 3.63) is 33.7 Å². The summed E-state index contributed by atoms with van der Waals surface area (Å²) in [5.74, 6) is 0.615. The maximum Gasteiger partial charge on any atom is 0.336 e. The van der Waals surface area contributed by atoms with Crippen LogP contribution in [-0.4, -0.2) is 19.0 Å². The first-order valence-corrected chi connectivity index (χ1v) is 7.86. The van der Waals surface area contributed by atoms with Crippen LogP contribution in [0.25, 0.3) is 11.0 Å². The van der Waals surface area contributed by atoms with E-state index in [1.165, 1.54) is 6.07 Å². The van der Waals surface area contributed by atoms with E-state index < -0.39 is 5.63 Å². The Balaban J connectivity index is 2.43. The standard InChI is InChI=1S/C18H20O5/c1-5-6-11-7-14(19)23-18-15(11)12(21-4)8-13-16(18)17(20)9(2)10(3)22-13/h7-10H,5-6H2,1-4H3/t9-,10+/m0/s1. The molecule has 3 rings (SSSR count). The lowest BCUT2D eigenvalue weighted by Gasteiger charge is -2.28. The maximum atomic E-state index is 12.7. The first kappa shape index (κ1) is 15.6. The van der Waals surface area contributed by atoms with Crippen molar-refractivity contribution in [2.24, 2.45) is 5.92 Å². The lowest BCUT2D eigenvalue weighted by Crippen LogP contribution is -2.33. The van der Waals surface area contributed by atoms with E-state index in [1.807, 2.05) is 20.8 Å². The van der Waals surface area contributed by atoms with E-state index in [2.05, 4.69) is 0 Å². The zero-order chi connectivity index (χ0) is 16.7. The zero-order valence-electron chi connectivity index (χ0n) is 13.8. The van der Waals surface area contributed by atoms with Crippen LogP contribution in [0.1, 0.15) is 43.1 Å². The van der Waals surface area contributed by atoms with E-state index >= 15 is 0 Å². The van der Waals surface area contributed by atoms with E-state index in [9.17, 15) is 9.59 Å². The third kappa shape index (κ3) is 2.40. The van der Waals surface area contributed by atoms with Gasteiger partial charge in [0.15, 0.2) is 11.4 Å². The van der Waals surface area contributed by atoms with Crippen LogP contribution in [-0.2, 0) is 6.42 Å². The molecule has 2 heterocycles. The van der Waals surface area contributed by atoms with Gasteiger partial charge in [0.1, 0.15) is 23.2 Å². The molecule has 0 aliphatic carbocycles. The SMILES string of the molecule is CCCc1cc(=O)oc2c3c(cc(OC)c12)O[C@H](C)[C@H](C)C3=O. The summed E-state index contributed by atoms with van der Waals surface area (Å²) in [7, 11) is 1.55. The molecule has 0 saturated carbocycles. The van der Waals surface area contributed by atoms with Gasteiger partial charge in [-0.25, -0.2) is 4.79 Å². The number of ketones is 1. The molecule has 1 aromatic carbocycles. The number of Topliss-reactive ketones (excluding diaryl/α,β-unsaturated/α-hetero) is 1. The fraction of sp³-hybridized carbons (Fsp3) is 0.444. The minimum Gasteiger partial charge on any atom is -0.496 e. The van der Waals surface area contributed by atoms with E-state index in [0.717, 1.165) is 12.0 Å². The minimum atomic E-state index is -0.463. The van der Waals surface area contributed by atoms with Crippen molar-refractivity contribution in [3.63, 3.8) is 0 Å². The smallest absolute Gasteiger partial charge is 0.336 e. The molecule has 2 atom stereocenters. The quantitative estimate of drug-likeness (QED) is 0.812. The molecule has 0 amide bonds. The molecule has 0 fully saturated rings. The highest BCUT2D eigenvalue weighted by Gasteiger charge is 2.35. The summed E-state index contributed by atoms with van der Waals surface area (Å²) >= 11 is 0. The summed E-state index contributed by atoms with van der Waals surface area (Å²) in [6.45, 7) is 5.70. The Bertz CT molecular complexity index is 833. The molecular formula is C18H20O5. The molecule has 0 spiro atoms. The van der Waals surface area contributed by atoms with Crippen LogP contribution in [0.3, 0.4) is 0 Å². The predicted octanol–water partition coefficient (Wildman–Crippen LogP) is 3.35. The molecule has 0 saturated heterocycles. The normalized spacial score (nSPS) is 20.3. The number of ether oxygens (including phenoxy) is 2. The number of methoxy groups -OCH3 is 1. The van der Waals surface area contributed by atoms with Gasteiger partial charge >= 0.3 is 5.63 Å². The molecule has 0 N–H and O–H groups in total. The summed E-state index contributed by atoms with van der Waals surface area (Å²) in [5.41, 5.74) is 0.994. The van der Waals surface area contributed by atoms with E-state index in [-0.39, 0.29) is 23.4 Å². The summed E-state index contributed by atoms with van der Waals surface area (Å²) in [4.78, 5) is 24.7. The lowest BCUT2D eigenvalue weighted by molar-refractivity contribution is 0.0731.